The van der Waals surface area contributed by atoms with Crippen molar-refractivity contribution in [1.82, 2.24) is 9.80 Å². The minimum absolute atomic E-state index is 0.0656. The molecule has 2 aromatic carbocycles. The summed E-state index contributed by atoms with van der Waals surface area (Å²) in [7, 11) is 7.70. The third-order valence-corrected chi connectivity index (χ3v) is 5.12. The van der Waals surface area contributed by atoms with Crippen molar-refractivity contribution in [2.24, 2.45) is 0 Å². The van der Waals surface area contributed by atoms with Gasteiger partial charge >= 0.3 is 0 Å². The lowest BCUT2D eigenvalue weighted by atomic mass is 9.81. The third kappa shape index (κ3) is 4.57. The smallest absolute Gasteiger partial charge is 0.281 e. The molecule has 0 heterocycles. The van der Waals surface area contributed by atoms with Gasteiger partial charge in [0.15, 0.2) is 5.78 Å². The summed E-state index contributed by atoms with van der Waals surface area (Å²) in [5, 5.41) is 18.0. The number of nitrogens with one attached hydrogen (secondary N) is 2. The molecule has 1 aliphatic carbocycles. The fourth-order valence-electron chi connectivity index (χ4n) is 3.58. The van der Waals surface area contributed by atoms with Crippen LogP contribution in [-0.4, -0.2) is 80.7 Å². The molecular weight excluding hydrogens is 398 g/mol. The van der Waals surface area contributed by atoms with E-state index in [0.717, 1.165) is 6.54 Å². The summed E-state index contributed by atoms with van der Waals surface area (Å²) in [5.41, 5.74) is 0.923. The number of hydrogen-bond donors (Lipinski definition) is 2. The van der Waals surface area contributed by atoms with Crippen molar-refractivity contribution in [2.45, 2.75) is 0 Å². The first-order valence-corrected chi connectivity index (χ1v) is 10.0. The monoisotopic (exact) mass is 425 g/mol. The maximum Gasteiger partial charge on any atom is 0.281 e. The maximum absolute atomic E-state index is 13.5. The van der Waals surface area contributed by atoms with Gasteiger partial charge in [0.1, 0.15) is 5.56 Å². The molecule has 0 aromatic heterocycles. The molecule has 0 amide bonds. The molecule has 0 radical (unpaired) electrons. The summed E-state index contributed by atoms with van der Waals surface area (Å²) in [5.74, 6) is -0.905. The molecule has 0 bridgehead atoms. The van der Waals surface area contributed by atoms with Gasteiger partial charge in [-0.25, -0.2) is 0 Å². The quantitative estimate of drug-likeness (QED) is 0.397. The van der Waals surface area contributed by atoms with E-state index in [0.29, 0.717) is 31.0 Å². The Hall–Kier alpha value is -3.30. The molecule has 0 aliphatic heterocycles. The number of benzene rings is 2. The second kappa shape index (κ2) is 9.23. The van der Waals surface area contributed by atoms with Crippen molar-refractivity contribution in [2.75, 3.05) is 65.0 Å². The molecule has 31 heavy (non-hydrogen) atoms. The lowest BCUT2D eigenvalue weighted by molar-refractivity contribution is -0.385. The van der Waals surface area contributed by atoms with E-state index in [-0.39, 0.29) is 27.9 Å². The summed E-state index contributed by atoms with van der Waals surface area (Å²) < 4.78 is 0. The topological polar surface area (TPSA) is 108 Å². The van der Waals surface area contributed by atoms with E-state index in [1.54, 1.807) is 18.2 Å². The number of nitro benzene ring substituents is 1. The van der Waals surface area contributed by atoms with Crippen molar-refractivity contribution in [3.63, 3.8) is 0 Å². The van der Waals surface area contributed by atoms with Gasteiger partial charge in [-0.2, -0.15) is 0 Å². The van der Waals surface area contributed by atoms with Crippen LogP contribution in [-0.2, 0) is 0 Å². The van der Waals surface area contributed by atoms with Crippen LogP contribution in [0.4, 0.5) is 17.1 Å². The second-order valence-electron chi connectivity index (χ2n) is 7.99. The van der Waals surface area contributed by atoms with Gasteiger partial charge in [0, 0.05) is 49.2 Å². The van der Waals surface area contributed by atoms with Gasteiger partial charge in [0.05, 0.1) is 16.1 Å². The molecule has 0 saturated heterocycles. The summed E-state index contributed by atoms with van der Waals surface area (Å²) in [6.07, 6.45) is 0. The van der Waals surface area contributed by atoms with Crippen LogP contribution < -0.4 is 10.6 Å². The molecule has 0 unspecified atom stereocenters. The Morgan fingerprint density at radius 1 is 0.806 bits per heavy atom. The number of rotatable bonds is 9. The van der Waals surface area contributed by atoms with E-state index in [1.807, 2.05) is 38.0 Å². The van der Waals surface area contributed by atoms with Gasteiger partial charge in [-0.1, -0.05) is 12.1 Å². The molecule has 0 spiro atoms. The van der Waals surface area contributed by atoms with Crippen LogP contribution in [0.3, 0.4) is 0 Å². The van der Waals surface area contributed by atoms with E-state index in [4.69, 9.17) is 0 Å². The first-order chi connectivity index (χ1) is 14.7. The highest BCUT2D eigenvalue weighted by molar-refractivity contribution is 6.33. The van der Waals surface area contributed by atoms with Crippen LogP contribution in [0.15, 0.2) is 30.3 Å². The van der Waals surface area contributed by atoms with Gasteiger partial charge in [-0.05, 0) is 40.3 Å². The first kappa shape index (κ1) is 22.4. The number of carbonyl (C=O) groups excluding carboxylic acids is 2. The van der Waals surface area contributed by atoms with Crippen LogP contribution in [0.25, 0.3) is 0 Å². The number of nitro groups is 1. The Morgan fingerprint density at radius 2 is 1.39 bits per heavy atom. The molecule has 0 saturated carbocycles. The molecule has 9 nitrogen and oxygen atoms in total. The summed E-state index contributed by atoms with van der Waals surface area (Å²) in [6, 6.07) is 7.81. The van der Waals surface area contributed by atoms with E-state index in [1.165, 1.54) is 12.1 Å². The Bertz CT molecular complexity index is 1030. The summed E-state index contributed by atoms with van der Waals surface area (Å²) in [4.78, 5) is 41.9. The van der Waals surface area contributed by atoms with E-state index >= 15 is 0 Å². The second-order valence-corrected chi connectivity index (χ2v) is 7.99. The zero-order chi connectivity index (χ0) is 22.7. The molecule has 2 aromatic rings. The number of nitrogens with zero attached hydrogens (tertiary/aromatic N) is 3. The van der Waals surface area contributed by atoms with Gasteiger partial charge in [-0.3, -0.25) is 19.7 Å². The lowest BCUT2D eigenvalue weighted by Crippen LogP contribution is -2.27. The molecular formula is C22H27N5O4. The zero-order valence-corrected chi connectivity index (χ0v) is 18.2. The largest absolute Gasteiger partial charge is 0.383 e. The Kier molecular flexibility index (Phi) is 6.67. The van der Waals surface area contributed by atoms with Crippen LogP contribution in [0.5, 0.6) is 0 Å². The van der Waals surface area contributed by atoms with Gasteiger partial charge in [0.25, 0.3) is 5.69 Å². The Balaban J connectivity index is 2.09. The molecule has 2 N–H and O–H groups in total. The number of fused-ring (bicyclic) bond motifs is 2. The molecule has 0 atom stereocenters. The zero-order valence-electron chi connectivity index (χ0n) is 18.2. The number of hydrogen-bond acceptors (Lipinski definition) is 8. The van der Waals surface area contributed by atoms with Gasteiger partial charge in [-0.15, -0.1) is 0 Å². The van der Waals surface area contributed by atoms with Crippen LogP contribution in [0.2, 0.25) is 0 Å². The highest BCUT2D eigenvalue weighted by Crippen LogP contribution is 2.39. The number of likely N-dealkylation sites (N-methyl/N-ethyl adjacent to an activating group) is 2. The number of carbonyl (C=O) groups is 2. The molecule has 164 valence electrons. The van der Waals surface area contributed by atoms with Crippen molar-refractivity contribution < 1.29 is 14.5 Å². The average Bonchev–Trinajstić information content (AvgIpc) is 2.70. The van der Waals surface area contributed by atoms with E-state index in [9.17, 15) is 19.7 Å². The minimum Gasteiger partial charge on any atom is -0.383 e. The predicted molar refractivity (Wildman–Crippen MR) is 120 cm³/mol. The third-order valence-electron chi connectivity index (χ3n) is 5.12. The van der Waals surface area contributed by atoms with Crippen molar-refractivity contribution in [3.8, 4) is 0 Å². The van der Waals surface area contributed by atoms with Gasteiger partial charge in [0.2, 0.25) is 5.78 Å². The standard InChI is InChI=1S/C22H27N5O4/c1-25(2)12-10-23-15-7-5-6-14-18(15)22(29)20-17(27(30)31)9-8-16(19(20)21(14)28)24-11-13-26(3)4/h5-9,23-24H,10-13H2,1-4H3. The van der Waals surface area contributed by atoms with Crippen LogP contribution >= 0.6 is 0 Å². The molecule has 9 heteroatoms. The van der Waals surface area contributed by atoms with Crippen molar-refractivity contribution in [3.05, 3.63) is 62.7 Å². The highest BCUT2D eigenvalue weighted by atomic mass is 16.6. The Labute approximate surface area is 181 Å². The summed E-state index contributed by atoms with van der Waals surface area (Å²) in [6.45, 7) is 2.51. The SMILES string of the molecule is CN(C)CCNc1cccc2c1C(=O)c1c([N+](=O)[O-])ccc(NCCN(C)C)c1C2=O. The highest BCUT2D eigenvalue weighted by Gasteiger charge is 2.38. The van der Waals surface area contributed by atoms with Gasteiger partial charge < -0.3 is 20.4 Å². The number of ketones is 2. The fourth-order valence-corrected chi connectivity index (χ4v) is 3.58. The summed E-state index contributed by atoms with van der Waals surface area (Å²) >= 11 is 0. The fraction of sp³-hybridized carbons (Fsp3) is 0.364. The predicted octanol–water partition coefficient (Wildman–Crippen LogP) is 2.32. The normalized spacial score (nSPS) is 12.7. The molecule has 0 fully saturated rings. The lowest BCUT2D eigenvalue weighted by Gasteiger charge is -2.23. The average molecular weight is 425 g/mol. The molecule has 3 rings (SSSR count). The van der Waals surface area contributed by atoms with Crippen molar-refractivity contribution >= 4 is 28.6 Å². The minimum atomic E-state index is -0.610. The Morgan fingerprint density at radius 3 is 1.94 bits per heavy atom. The van der Waals surface area contributed by atoms with Crippen molar-refractivity contribution in [1.29, 1.82) is 0 Å². The first-order valence-electron chi connectivity index (χ1n) is 10.0. The number of anilines is 2. The molecule has 1 aliphatic rings. The van der Waals surface area contributed by atoms with Crippen LogP contribution in [0, 0.1) is 10.1 Å². The van der Waals surface area contributed by atoms with Crippen LogP contribution in [0.1, 0.15) is 31.8 Å². The van der Waals surface area contributed by atoms with E-state index in [2.05, 4.69) is 10.6 Å². The van der Waals surface area contributed by atoms with E-state index < -0.39 is 16.5 Å². The maximum atomic E-state index is 13.5.